The van der Waals surface area contributed by atoms with Crippen LogP contribution in [0.2, 0.25) is 0 Å². The number of amides is 1. The Hall–Kier alpha value is -2.37. The molecular weight excluding hydrogens is 322 g/mol. The number of aryl methyl sites for hydroxylation is 2. The van der Waals surface area contributed by atoms with Crippen molar-refractivity contribution in [2.45, 2.75) is 39.2 Å². The quantitative estimate of drug-likeness (QED) is 0.777. The number of rotatable bonds is 4. The number of hydrogen-bond donors (Lipinski definition) is 0. The number of piperidine rings is 1. The molecule has 0 bridgehead atoms. The predicted molar refractivity (Wildman–Crippen MR) is 91.9 cm³/mol. The summed E-state index contributed by atoms with van der Waals surface area (Å²) < 4.78 is 9.62. The molecule has 1 aliphatic heterocycles. The maximum absolute atomic E-state index is 12.8. The average molecular weight is 347 g/mol. The minimum atomic E-state index is -0.750. The first-order valence-electron chi connectivity index (χ1n) is 8.38. The number of esters is 2. The molecule has 1 amide bonds. The van der Waals surface area contributed by atoms with Gasteiger partial charge < -0.3 is 14.4 Å². The van der Waals surface area contributed by atoms with Crippen molar-refractivity contribution in [2.75, 3.05) is 20.8 Å². The Bertz CT molecular complexity index is 670. The van der Waals surface area contributed by atoms with Gasteiger partial charge in [0.05, 0.1) is 26.6 Å². The number of nitrogens with zero attached hydrogens (tertiary/aromatic N) is 1. The van der Waals surface area contributed by atoms with Crippen LogP contribution in [0.3, 0.4) is 0 Å². The maximum Gasteiger partial charge on any atom is 0.328 e. The molecule has 6 nitrogen and oxygen atoms in total. The Morgan fingerprint density at radius 2 is 1.80 bits per heavy atom. The van der Waals surface area contributed by atoms with Gasteiger partial charge in [-0.05, 0) is 37.8 Å². The van der Waals surface area contributed by atoms with Crippen LogP contribution >= 0.6 is 0 Å². The molecule has 0 aliphatic carbocycles. The summed E-state index contributed by atoms with van der Waals surface area (Å²) in [5.41, 5.74) is 3.07. The largest absolute Gasteiger partial charge is 0.469 e. The molecule has 1 aliphatic rings. The van der Waals surface area contributed by atoms with Crippen LogP contribution in [0.1, 0.15) is 29.5 Å². The van der Waals surface area contributed by atoms with Gasteiger partial charge in [-0.1, -0.05) is 23.8 Å². The van der Waals surface area contributed by atoms with E-state index in [0.29, 0.717) is 13.0 Å². The molecule has 0 N–H and O–H groups in total. The van der Waals surface area contributed by atoms with Crippen molar-refractivity contribution in [1.29, 1.82) is 0 Å². The fourth-order valence-corrected chi connectivity index (χ4v) is 3.26. The summed E-state index contributed by atoms with van der Waals surface area (Å²) in [4.78, 5) is 38.3. The zero-order valence-electron chi connectivity index (χ0n) is 15.2. The molecule has 1 aromatic rings. The fourth-order valence-electron chi connectivity index (χ4n) is 3.26. The first-order valence-corrected chi connectivity index (χ1v) is 8.38. The van der Waals surface area contributed by atoms with Crippen molar-refractivity contribution in [3.63, 3.8) is 0 Å². The van der Waals surface area contributed by atoms with Gasteiger partial charge in [0, 0.05) is 6.54 Å². The summed E-state index contributed by atoms with van der Waals surface area (Å²) in [7, 11) is 2.62. The molecule has 0 aromatic heterocycles. The summed E-state index contributed by atoms with van der Waals surface area (Å²) in [6.45, 7) is 4.28. The third kappa shape index (κ3) is 4.38. The lowest BCUT2D eigenvalue weighted by Crippen LogP contribution is -2.52. The Morgan fingerprint density at radius 3 is 2.44 bits per heavy atom. The lowest BCUT2D eigenvalue weighted by molar-refractivity contribution is -0.159. The highest BCUT2D eigenvalue weighted by atomic mass is 16.5. The highest BCUT2D eigenvalue weighted by molar-refractivity contribution is 5.87. The van der Waals surface area contributed by atoms with Crippen LogP contribution in [0.5, 0.6) is 0 Å². The second-order valence-electron chi connectivity index (χ2n) is 6.48. The second kappa shape index (κ2) is 8.14. The van der Waals surface area contributed by atoms with Gasteiger partial charge in [-0.15, -0.1) is 0 Å². The van der Waals surface area contributed by atoms with Crippen LogP contribution in [0.15, 0.2) is 18.2 Å². The second-order valence-corrected chi connectivity index (χ2v) is 6.48. The minimum Gasteiger partial charge on any atom is -0.469 e. The normalized spacial score (nSPS) is 20.1. The van der Waals surface area contributed by atoms with Gasteiger partial charge in [0.1, 0.15) is 6.04 Å². The number of ether oxygens (including phenoxy) is 2. The van der Waals surface area contributed by atoms with E-state index in [9.17, 15) is 14.4 Å². The van der Waals surface area contributed by atoms with E-state index < -0.39 is 12.0 Å². The number of methoxy groups -OCH3 is 2. The number of carbonyl (C=O) groups is 3. The molecule has 2 atom stereocenters. The Morgan fingerprint density at radius 1 is 1.12 bits per heavy atom. The third-order valence-electron chi connectivity index (χ3n) is 4.78. The van der Waals surface area contributed by atoms with Crippen molar-refractivity contribution in [3.8, 4) is 0 Å². The highest BCUT2D eigenvalue weighted by Gasteiger charge is 2.39. The monoisotopic (exact) mass is 347 g/mol. The van der Waals surface area contributed by atoms with Crippen LogP contribution in [-0.2, 0) is 30.3 Å². The van der Waals surface area contributed by atoms with E-state index >= 15 is 0 Å². The van der Waals surface area contributed by atoms with Gasteiger partial charge >= 0.3 is 11.9 Å². The summed E-state index contributed by atoms with van der Waals surface area (Å²) in [5, 5.41) is 0. The van der Waals surface area contributed by atoms with E-state index in [1.54, 1.807) is 0 Å². The Kier molecular flexibility index (Phi) is 6.17. The smallest absolute Gasteiger partial charge is 0.328 e. The Balaban J connectivity index is 2.17. The standard InChI is InChI=1S/C19H25NO5/c1-12-5-6-13(2)15(9-12)11-17(21)20-8-7-14(18(22)24-3)10-16(20)19(23)25-4/h5-6,9,14,16H,7-8,10-11H2,1-4H3/t14-,16-/m0/s1. The zero-order chi connectivity index (χ0) is 18.6. The van der Waals surface area contributed by atoms with Crippen LogP contribution in [0.4, 0.5) is 0 Å². The van der Waals surface area contributed by atoms with E-state index in [-0.39, 0.29) is 30.6 Å². The van der Waals surface area contributed by atoms with E-state index in [1.165, 1.54) is 19.1 Å². The maximum atomic E-state index is 12.8. The van der Waals surface area contributed by atoms with E-state index in [2.05, 4.69) is 0 Å². The van der Waals surface area contributed by atoms with Crippen molar-refractivity contribution in [3.05, 3.63) is 34.9 Å². The van der Waals surface area contributed by atoms with Crippen molar-refractivity contribution >= 4 is 17.8 Å². The minimum absolute atomic E-state index is 0.132. The molecule has 0 spiro atoms. The van der Waals surface area contributed by atoms with Gasteiger partial charge in [-0.2, -0.15) is 0 Å². The first-order chi connectivity index (χ1) is 11.9. The SMILES string of the molecule is COC(=O)[C@H]1CCN(C(=O)Cc2cc(C)ccc2C)[C@H](C(=O)OC)C1. The Labute approximate surface area is 148 Å². The molecular formula is C19H25NO5. The number of benzene rings is 1. The van der Waals surface area contributed by atoms with Gasteiger partial charge in [-0.25, -0.2) is 4.79 Å². The third-order valence-corrected chi connectivity index (χ3v) is 4.78. The summed E-state index contributed by atoms with van der Waals surface area (Å²) in [6, 6.07) is 5.23. The highest BCUT2D eigenvalue weighted by Crippen LogP contribution is 2.26. The van der Waals surface area contributed by atoms with E-state index in [0.717, 1.165) is 16.7 Å². The molecule has 0 unspecified atom stereocenters. The average Bonchev–Trinajstić information content (AvgIpc) is 2.62. The summed E-state index contributed by atoms with van der Waals surface area (Å²) in [5.74, 6) is -1.37. The van der Waals surface area contributed by atoms with Gasteiger partial charge in [-0.3, -0.25) is 9.59 Å². The summed E-state index contributed by atoms with van der Waals surface area (Å²) >= 11 is 0. The topological polar surface area (TPSA) is 72.9 Å². The number of likely N-dealkylation sites (tertiary alicyclic amines) is 1. The van der Waals surface area contributed by atoms with Crippen LogP contribution in [0.25, 0.3) is 0 Å². The van der Waals surface area contributed by atoms with Crippen LogP contribution in [-0.4, -0.2) is 49.6 Å². The zero-order valence-corrected chi connectivity index (χ0v) is 15.2. The van der Waals surface area contributed by atoms with Gasteiger partial charge in [0.25, 0.3) is 0 Å². The summed E-state index contributed by atoms with van der Waals surface area (Å²) in [6.07, 6.45) is 0.945. The molecule has 2 rings (SSSR count). The molecule has 25 heavy (non-hydrogen) atoms. The van der Waals surface area contributed by atoms with Crippen molar-refractivity contribution in [1.82, 2.24) is 4.90 Å². The molecule has 0 saturated carbocycles. The van der Waals surface area contributed by atoms with Gasteiger partial charge in [0.2, 0.25) is 5.91 Å². The lowest BCUT2D eigenvalue weighted by Gasteiger charge is -2.37. The molecule has 1 aromatic carbocycles. The fraction of sp³-hybridized carbons (Fsp3) is 0.526. The van der Waals surface area contributed by atoms with Crippen molar-refractivity contribution < 1.29 is 23.9 Å². The molecule has 1 heterocycles. The molecule has 136 valence electrons. The number of carbonyl (C=O) groups excluding carboxylic acids is 3. The van der Waals surface area contributed by atoms with Crippen molar-refractivity contribution in [2.24, 2.45) is 5.92 Å². The van der Waals surface area contributed by atoms with E-state index in [1.807, 2.05) is 32.0 Å². The number of hydrogen-bond acceptors (Lipinski definition) is 5. The molecule has 1 fully saturated rings. The van der Waals surface area contributed by atoms with Crippen LogP contribution < -0.4 is 0 Å². The molecule has 0 radical (unpaired) electrons. The van der Waals surface area contributed by atoms with Crippen LogP contribution in [0, 0.1) is 19.8 Å². The molecule has 6 heteroatoms. The predicted octanol–water partition coefficient (Wildman–Crippen LogP) is 1.80. The first kappa shape index (κ1) is 19.0. The van der Waals surface area contributed by atoms with E-state index in [4.69, 9.17) is 9.47 Å². The molecule has 1 saturated heterocycles. The lowest BCUT2D eigenvalue weighted by atomic mass is 9.90. The van der Waals surface area contributed by atoms with Gasteiger partial charge in [0.15, 0.2) is 0 Å².